The van der Waals surface area contributed by atoms with Crippen molar-refractivity contribution in [2.24, 2.45) is 5.92 Å². The molecule has 17 heavy (non-hydrogen) atoms. The van der Waals surface area contributed by atoms with Gasteiger partial charge >= 0.3 is 0 Å². The van der Waals surface area contributed by atoms with E-state index in [-0.39, 0.29) is 0 Å². The first-order valence-corrected chi connectivity index (χ1v) is 6.89. The highest BCUT2D eigenvalue weighted by molar-refractivity contribution is 5.26. The molecule has 0 spiro atoms. The van der Waals surface area contributed by atoms with E-state index in [2.05, 4.69) is 37.7 Å². The third-order valence-electron chi connectivity index (χ3n) is 3.45. The van der Waals surface area contributed by atoms with Crippen LogP contribution in [0.15, 0.2) is 0 Å². The van der Waals surface area contributed by atoms with Crippen LogP contribution in [0.4, 0.5) is 0 Å². The molecular weight excluding hydrogens is 210 g/mol. The van der Waals surface area contributed by atoms with Crippen molar-refractivity contribution in [3.05, 3.63) is 17.0 Å². The summed E-state index contributed by atoms with van der Waals surface area (Å²) in [5.41, 5.74) is 4.09. The summed E-state index contributed by atoms with van der Waals surface area (Å²) >= 11 is 0. The molecule has 3 nitrogen and oxygen atoms in total. The van der Waals surface area contributed by atoms with Crippen molar-refractivity contribution in [3.63, 3.8) is 0 Å². The molecule has 0 saturated heterocycles. The highest BCUT2D eigenvalue weighted by atomic mass is 15.3. The normalized spacial score (nSPS) is 13.0. The average molecular weight is 237 g/mol. The van der Waals surface area contributed by atoms with Crippen molar-refractivity contribution in [2.45, 2.75) is 60.0 Å². The van der Waals surface area contributed by atoms with Crippen molar-refractivity contribution in [3.8, 4) is 0 Å². The highest BCUT2D eigenvalue weighted by Crippen LogP contribution is 2.18. The van der Waals surface area contributed by atoms with E-state index in [1.807, 2.05) is 7.05 Å². The molecule has 0 fully saturated rings. The zero-order valence-corrected chi connectivity index (χ0v) is 12.0. The Morgan fingerprint density at radius 2 is 1.94 bits per heavy atom. The topological polar surface area (TPSA) is 29.9 Å². The number of nitrogens with one attached hydrogen (secondary N) is 1. The first-order valence-electron chi connectivity index (χ1n) is 6.89. The monoisotopic (exact) mass is 237 g/mol. The van der Waals surface area contributed by atoms with Crippen LogP contribution in [-0.2, 0) is 25.9 Å². The summed E-state index contributed by atoms with van der Waals surface area (Å²) in [6.07, 6.45) is 3.31. The second-order valence-corrected chi connectivity index (χ2v) is 4.80. The first-order chi connectivity index (χ1) is 8.17. The van der Waals surface area contributed by atoms with Crippen LogP contribution in [0, 0.1) is 5.92 Å². The lowest BCUT2D eigenvalue weighted by molar-refractivity contribution is 0.427. The minimum atomic E-state index is 0.701. The molecule has 98 valence electrons. The molecular formula is C14H27N3. The second-order valence-electron chi connectivity index (χ2n) is 4.80. The van der Waals surface area contributed by atoms with Crippen LogP contribution >= 0.6 is 0 Å². The van der Waals surface area contributed by atoms with Gasteiger partial charge in [-0.3, -0.25) is 4.68 Å². The molecule has 0 aromatic carbocycles. The summed E-state index contributed by atoms with van der Waals surface area (Å²) in [6, 6.07) is 0. The van der Waals surface area contributed by atoms with Gasteiger partial charge in [0.05, 0.1) is 5.69 Å². The number of hydrogen-bond acceptors (Lipinski definition) is 2. The molecule has 3 heteroatoms. The summed E-state index contributed by atoms with van der Waals surface area (Å²) in [6.45, 7) is 10.9. The zero-order valence-electron chi connectivity index (χ0n) is 12.0. The molecule has 1 unspecified atom stereocenters. The fraction of sp³-hybridized carbons (Fsp3) is 0.786. The maximum absolute atomic E-state index is 4.78. The van der Waals surface area contributed by atoms with Gasteiger partial charge in [-0.25, -0.2) is 0 Å². The van der Waals surface area contributed by atoms with Crippen LogP contribution < -0.4 is 5.32 Å². The molecule has 1 N–H and O–H groups in total. The first kappa shape index (κ1) is 14.2. The summed E-state index contributed by atoms with van der Waals surface area (Å²) in [5.74, 6) is 0.701. The molecule has 0 aliphatic rings. The molecule has 0 aliphatic heterocycles. The number of aryl methyl sites for hydroxylation is 1. The van der Waals surface area contributed by atoms with Crippen LogP contribution in [0.1, 0.15) is 51.1 Å². The van der Waals surface area contributed by atoms with Crippen LogP contribution in [0.5, 0.6) is 0 Å². The maximum atomic E-state index is 4.78. The van der Waals surface area contributed by atoms with Crippen LogP contribution in [0.3, 0.4) is 0 Å². The zero-order chi connectivity index (χ0) is 12.8. The smallest absolute Gasteiger partial charge is 0.0669 e. The molecule has 0 radical (unpaired) electrons. The van der Waals surface area contributed by atoms with Crippen molar-refractivity contribution in [1.29, 1.82) is 0 Å². The van der Waals surface area contributed by atoms with Crippen LogP contribution in [0.25, 0.3) is 0 Å². The van der Waals surface area contributed by atoms with Gasteiger partial charge in [-0.1, -0.05) is 34.1 Å². The fourth-order valence-electron chi connectivity index (χ4n) is 2.22. The summed E-state index contributed by atoms with van der Waals surface area (Å²) in [7, 11) is 2.00. The highest BCUT2D eigenvalue weighted by Gasteiger charge is 2.15. The van der Waals surface area contributed by atoms with Gasteiger partial charge in [0.25, 0.3) is 0 Å². The molecule has 1 aromatic heterocycles. The Kier molecular flexibility index (Phi) is 5.69. The van der Waals surface area contributed by atoms with E-state index >= 15 is 0 Å². The van der Waals surface area contributed by atoms with Crippen LogP contribution in [-0.4, -0.2) is 16.8 Å². The molecule has 1 atom stereocenters. The third-order valence-corrected chi connectivity index (χ3v) is 3.45. The van der Waals surface area contributed by atoms with Crippen molar-refractivity contribution >= 4 is 0 Å². The predicted octanol–water partition coefficient (Wildman–Crippen LogP) is 2.77. The molecule has 0 bridgehead atoms. The Bertz CT molecular complexity index is 341. The SMILES string of the molecule is CCc1nn(CC(C)CC)c(CC)c1CNC. The largest absolute Gasteiger partial charge is 0.316 e. The quantitative estimate of drug-likeness (QED) is 0.790. The van der Waals surface area contributed by atoms with E-state index in [0.717, 1.165) is 25.9 Å². The molecule has 0 amide bonds. The number of nitrogens with zero attached hydrogens (tertiary/aromatic N) is 2. The van der Waals surface area contributed by atoms with E-state index < -0.39 is 0 Å². The van der Waals surface area contributed by atoms with E-state index in [1.54, 1.807) is 0 Å². The van der Waals surface area contributed by atoms with Crippen LogP contribution in [0.2, 0.25) is 0 Å². The number of aromatic nitrogens is 2. The fourth-order valence-corrected chi connectivity index (χ4v) is 2.22. The predicted molar refractivity (Wildman–Crippen MR) is 73.2 cm³/mol. The molecule has 0 aliphatic carbocycles. The van der Waals surface area contributed by atoms with E-state index in [0.29, 0.717) is 5.92 Å². The molecule has 0 saturated carbocycles. The summed E-state index contributed by atoms with van der Waals surface area (Å²) in [5, 5.41) is 8.04. The lowest BCUT2D eigenvalue weighted by Crippen LogP contribution is -2.13. The lowest BCUT2D eigenvalue weighted by Gasteiger charge is -2.12. The Morgan fingerprint density at radius 1 is 1.24 bits per heavy atom. The Balaban J connectivity index is 3.03. The standard InChI is InChI=1S/C14H27N3/c1-6-11(4)10-17-14(8-3)12(9-15-5)13(7-2)16-17/h11,15H,6-10H2,1-5H3. The average Bonchev–Trinajstić information content (AvgIpc) is 2.66. The Hall–Kier alpha value is -0.830. The minimum absolute atomic E-state index is 0.701. The van der Waals surface area contributed by atoms with Gasteiger partial charge in [-0.15, -0.1) is 0 Å². The van der Waals surface area contributed by atoms with E-state index in [4.69, 9.17) is 5.10 Å². The Labute approximate surface area is 106 Å². The van der Waals surface area contributed by atoms with Gasteiger partial charge < -0.3 is 5.32 Å². The second kappa shape index (κ2) is 6.80. The van der Waals surface area contributed by atoms with Gasteiger partial charge in [0.1, 0.15) is 0 Å². The molecule has 1 heterocycles. The molecule has 1 aromatic rings. The van der Waals surface area contributed by atoms with Gasteiger partial charge in [-0.05, 0) is 25.8 Å². The molecule has 1 rings (SSSR count). The van der Waals surface area contributed by atoms with E-state index in [1.165, 1.54) is 23.4 Å². The van der Waals surface area contributed by atoms with Gasteiger partial charge in [-0.2, -0.15) is 5.10 Å². The minimum Gasteiger partial charge on any atom is -0.316 e. The van der Waals surface area contributed by atoms with Gasteiger partial charge in [0, 0.05) is 24.3 Å². The number of rotatable bonds is 7. The van der Waals surface area contributed by atoms with Gasteiger partial charge in [0.15, 0.2) is 0 Å². The number of hydrogen-bond donors (Lipinski definition) is 1. The summed E-state index contributed by atoms with van der Waals surface area (Å²) < 4.78 is 2.24. The van der Waals surface area contributed by atoms with Crippen molar-refractivity contribution in [1.82, 2.24) is 15.1 Å². The Morgan fingerprint density at radius 3 is 2.41 bits per heavy atom. The van der Waals surface area contributed by atoms with Crippen molar-refractivity contribution < 1.29 is 0 Å². The van der Waals surface area contributed by atoms with E-state index in [9.17, 15) is 0 Å². The summed E-state index contributed by atoms with van der Waals surface area (Å²) in [4.78, 5) is 0. The van der Waals surface area contributed by atoms with Gasteiger partial charge in [0.2, 0.25) is 0 Å². The maximum Gasteiger partial charge on any atom is 0.0669 e. The third kappa shape index (κ3) is 3.32. The van der Waals surface area contributed by atoms with Crippen molar-refractivity contribution in [2.75, 3.05) is 7.05 Å². The lowest BCUT2D eigenvalue weighted by atomic mass is 10.1.